The van der Waals surface area contributed by atoms with Crippen LogP contribution in [-0.4, -0.2) is 34.1 Å². The van der Waals surface area contributed by atoms with Crippen molar-refractivity contribution in [3.05, 3.63) is 24.8 Å². The number of unbranched alkanes of at least 4 members (excludes halogenated alkanes) is 6. The second-order valence-electron chi connectivity index (χ2n) is 4.73. The molecule has 3 heteroatoms. The molecule has 21 heavy (non-hydrogen) atoms. The van der Waals surface area contributed by atoms with Gasteiger partial charge in [-0.2, -0.15) is 0 Å². The molecule has 3 N–H and O–H groups in total. The maximum Gasteiger partial charge on any atom is 0.134 e. The van der Waals surface area contributed by atoms with Gasteiger partial charge in [0.2, 0.25) is 0 Å². The fraction of sp³-hybridized carbons (Fsp3) is 0.556. The highest BCUT2D eigenvalue weighted by Crippen LogP contribution is 2.07. The Kier molecular flexibility index (Phi) is 13.8. The molecular weight excluding hydrogens is 264 g/mol. The van der Waals surface area contributed by atoms with E-state index in [4.69, 9.17) is 10.2 Å². The highest BCUT2D eigenvalue weighted by molar-refractivity contribution is 5.31. The Morgan fingerprint density at radius 3 is 2.05 bits per heavy atom. The van der Waals surface area contributed by atoms with Crippen LogP contribution >= 0.6 is 0 Å². The average molecular weight is 290 g/mol. The highest BCUT2D eigenvalue weighted by atomic mass is 16.3. The molecule has 116 valence electrons. The van der Waals surface area contributed by atoms with E-state index in [2.05, 4.69) is 30.3 Å². The zero-order chi connectivity index (χ0) is 15.8. The van der Waals surface area contributed by atoms with Gasteiger partial charge >= 0.3 is 0 Å². The Morgan fingerprint density at radius 1 is 0.857 bits per heavy atom. The van der Waals surface area contributed by atoms with Crippen LogP contribution in [0.1, 0.15) is 44.9 Å². The van der Waals surface area contributed by atoms with Gasteiger partial charge in [-0.15, -0.1) is 0 Å². The lowest BCUT2D eigenvalue weighted by molar-refractivity contribution is 0.280. The molecule has 0 aromatic carbocycles. The van der Waals surface area contributed by atoms with Crippen LogP contribution in [0.2, 0.25) is 0 Å². The van der Waals surface area contributed by atoms with Crippen molar-refractivity contribution in [1.29, 1.82) is 0 Å². The van der Waals surface area contributed by atoms with E-state index < -0.39 is 12.2 Å². The number of aliphatic hydroxyl groups excluding tert-OH is 3. The summed E-state index contributed by atoms with van der Waals surface area (Å²) in [5.74, 6) is 9.97. The zero-order valence-electron chi connectivity index (χ0n) is 12.6. The van der Waals surface area contributed by atoms with Crippen molar-refractivity contribution >= 4 is 0 Å². The number of rotatable bonds is 10. The third-order valence-electron chi connectivity index (χ3n) is 2.82. The van der Waals surface area contributed by atoms with Crippen molar-refractivity contribution in [2.75, 3.05) is 6.61 Å². The summed E-state index contributed by atoms with van der Waals surface area (Å²) in [6, 6.07) is 0. The fourth-order valence-electron chi connectivity index (χ4n) is 1.63. The third kappa shape index (κ3) is 14.7. The Balaban J connectivity index is 3.66. The lowest BCUT2D eigenvalue weighted by Crippen LogP contribution is -1.97. The van der Waals surface area contributed by atoms with Crippen LogP contribution in [0.3, 0.4) is 0 Å². The molecule has 3 nitrogen and oxygen atoms in total. The lowest BCUT2D eigenvalue weighted by atomic mass is 10.1. The molecule has 0 aliphatic rings. The van der Waals surface area contributed by atoms with Gasteiger partial charge in [0.1, 0.15) is 12.2 Å². The maximum atomic E-state index is 9.54. The topological polar surface area (TPSA) is 60.7 Å². The fourth-order valence-corrected chi connectivity index (χ4v) is 1.63. The number of hydrogen-bond donors (Lipinski definition) is 3. The van der Waals surface area contributed by atoms with Gasteiger partial charge in [0.25, 0.3) is 0 Å². The van der Waals surface area contributed by atoms with Gasteiger partial charge in [-0.25, -0.2) is 0 Å². The van der Waals surface area contributed by atoms with Gasteiger partial charge < -0.3 is 15.3 Å². The van der Waals surface area contributed by atoms with Crippen LogP contribution in [0.15, 0.2) is 24.8 Å². The van der Waals surface area contributed by atoms with E-state index in [9.17, 15) is 5.11 Å². The quantitative estimate of drug-likeness (QED) is 0.328. The van der Waals surface area contributed by atoms with Gasteiger partial charge in [-0.05, 0) is 37.2 Å². The van der Waals surface area contributed by atoms with Crippen molar-refractivity contribution in [2.45, 2.75) is 57.2 Å². The molecule has 0 aliphatic carbocycles. The molecule has 0 saturated carbocycles. The first-order chi connectivity index (χ1) is 10.2. The van der Waals surface area contributed by atoms with Crippen molar-refractivity contribution in [3.63, 3.8) is 0 Å². The first-order valence-electron chi connectivity index (χ1n) is 7.48. The summed E-state index contributed by atoms with van der Waals surface area (Å²) in [5, 5.41) is 27.2. The van der Waals surface area contributed by atoms with Crippen LogP contribution in [0.5, 0.6) is 0 Å². The van der Waals surface area contributed by atoms with Gasteiger partial charge in [0.05, 0.1) is 0 Å². The van der Waals surface area contributed by atoms with Crippen LogP contribution in [-0.2, 0) is 0 Å². The SMILES string of the molecule is C=C[C@@H](O)C#CC#C[C@@H](O)/C=C\CCCCCCCCO. The molecule has 2 atom stereocenters. The monoisotopic (exact) mass is 290 g/mol. The Hall–Kier alpha value is -1.52. The molecule has 0 radical (unpaired) electrons. The molecule has 0 spiro atoms. The van der Waals surface area contributed by atoms with E-state index in [0.717, 1.165) is 25.7 Å². The molecule has 0 rings (SSSR count). The Labute approximate surface area is 128 Å². The molecule has 0 aliphatic heterocycles. The van der Waals surface area contributed by atoms with Crippen LogP contribution < -0.4 is 0 Å². The first kappa shape index (κ1) is 19.5. The minimum absolute atomic E-state index is 0.290. The van der Waals surface area contributed by atoms with Crippen LogP contribution in [0.25, 0.3) is 0 Å². The van der Waals surface area contributed by atoms with E-state index >= 15 is 0 Å². The summed E-state index contributed by atoms with van der Waals surface area (Å²) in [6.45, 7) is 3.68. The number of aliphatic hydroxyl groups is 3. The van der Waals surface area contributed by atoms with E-state index in [0.29, 0.717) is 6.61 Å². The molecule has 0 amide bonds. The average Bonchev–Trinajstić information content (AvgIpc) is 2.49. The largest absolute Gasteiger partial charge is 0.396 e. The zero-order valence-corrected chi connectivity index (χ0v) is 12.6. The third-order valence-corrected chi connectivity index (χ3v) is 2.82. The Bertz CT molecular complexity index is 404. The summed E-state index contributed by atoms with van der Waals surface area (Å²) in [7, 11) is 0. The van der Waals surface area contributed by atoms with Gasteiger partial charge in [0.15, 0.2) is 0 Å². The van der Waals surface area contributed by atoms with E-state index in [1.807, 2.05) is 6.08 Å². The predicted molar refractivity (Wildman–Crippen MR) is 86.3 cm³/mol. The molecule has 0 bridgehead atoms. The predicted octanol–water partition coefficient (Wildman–Crippen LogP) is 2.18. The molecule has 0 saturated heterocycles. The maximum absolute atomic E-state index is 9.54. The molecule has 0 aromatic heterocycles. The molecular formula is C18H26O3. The second-order valence-corrected chi connectivity index (χ2v) is 4.73. The molecule has 0 aromatic rings. The second kappa shape index (κ2) is 14.9. The minimum Gasteiger partial charge on any atom is -0.396 e. The molecule has 0 unspecified atom stereocenters. The van der Waals surface area contributed by atoms with Crippen molar-refractivity contribution in [1.82, 2.24) is 0 Å². The minimum atomic E-state index is -0.871. The normalized spacial score (nSPS) is 12.9. The first-order valence-corrected chi connectivity index (χ1v) is 7.48. The highest BCUT2D eigenvalue weighted by Gasteiger charge is 1.92. The van der Waals surface area contributed by atoms with E-state index in [1.165, 1.54) is 25.3 Å². The molecule has 0 heterocycles. The Morgan fingerprint density at radius 2 is 1.43 bits per heavy atom. The smallest absolute Gasteiger partial charge is 0.134 e. The van der Waals surface area contributed by atoms with Crippen molar-refractivity contribution in [2.24, 2.45) is 0 Å². The summed E-state index contributed by atoms with van der Waals surface area (Å²) < 4.78 is 0. The van der Waals surface area contributed by atoms with Crippen LogP contribution in [0.4, 0.5) is 0 Å². The summed E-state index contributed by atoms with van der Waals surface area (Å²) >= 11 is 0. The van der Waals surface area contributed by atoms with Gasteiger partial charge in [-0.1, -0.05) is 56.3 Å². The summed E-state index contributed by atoms with van der Waals surface area (Å²) in [4.78, 5) is 0. The van der Waals surface area contributed by atoms with Gasteiger partial charge in [0, 0.05) is 6.61 Å². The standard InChI is InChI=1S/C18H26O3/c1-2-17(20)13-10-11-15-18(21)14-9-7-5-3-4-6-8-12-16-19/h2,9,14,17-21H,1,3-8,12,16H2/b14-9-/t17-,18+/m1/s1. The molecule has 0 fully saturated rings. The van der Waals surface area contributed by atoms with E-state index in [1.54, 1.807) is 6.08 Å². The van der Waals surface area contributed by atoms with Crippen molar-refractivity contribution < 1.29 is 15.3 Å². The van der Waals surface area contributed by atoms with E-state index in [-0.39, 0.29) is 0 Å². The van der Waals surface area contributed by atoms with Crippen LogP contribution in [0, 0.1) is 23.7 Å². The summed E-state index contributed by atoms with van der Waals surface area (Å²) in [6.07, 6.45) is 10.8. The number of hydrogen-bond acceptors (Lipinski definition) is 3. The lowest BCUT2D eigenvalue weighted by Gasteiger charge is -1.99. The van der Waals surface area contributed by atoms with Crippen molar-refractivity contribution in [3.8, 4) is 23.7 Å². The number of allylic oxidation sites excluding steroid dienone is 1. The van der Waals surface area contributed by atoms with Gasteiger partial charge in [-0.3, -0.25) is 0 Å². The summed E-state index contributed by atoms with van der Waals surface area (Å²) in [5.41, 5.74) is 0.